The number of rotatable bonds is 5. The van der Waals surface area contributed by atoms with Crippen molar-refractivity contribution in [3.8, 4) is 0 Å². The molecule has 23 heteroatoms. The van der Waals surface area contributed by atoms with Crippen LogP contribution in [0.4, 0.5) is 0 Å². The van der Waals surface area contributed by atoms with E-state index in [1.807, 2.05) is 0 Å². The summed E-state index contributed by atoms with van der Waals surface area (Å²) in [5.74, 6) is 0. The van der Waals surface area contributed by atoms with E-state index in [-0.39, 0.29) is 229 Å². The average molecular weight is 1740 g/mol. The Labute approximate surface area is 581 Å². The molecule has 0 aromatic rings. The van der Waals surface area contributed by atoms with Gasteiger partial charge in [-0.15, -0.1) is 42.7 Å². The van der Waals surface area contributed by atoms with E-state index in [0.29, 0.717) is 13.3 Å². The molecule has 65 heavy (non-hydrogen) atoms. The number of hydrogen-bond donors (Lipinski definition) is 0. The molecule has 0 heterocycles. The van der Waals surface area contributed by atoms with Gasteiger partial charge in [-0.3, -0.25) is 0 Å². The zero-order valence-electron chi connectivity index (χ0n) is 49.9. The van der Waals surface area contributed by atoms with E-state index in [1.165, 1.54) is 0 Å². The van der Waals surface area contributed by atoms with Crippen molar-refractivity contribution in [1.29, 1.82) is 0 Å². The summed E-state index contributed by atoms with van der Waals surface area (Å²) in [7, 11) is -0.450. The molecule has 0 saturated carbocycles. The summed E-state index contributed by atoms with van der Waals surface area (Å²) >= 11 is 1.08. The number of carbonyl (C=O) groups excluding carboxylic acids is 4. The predicted octanol–water partition coefficient (Wildman–Crippen LogP) is 8.38. The summed E-state index contributed by atoms with van der Waals surface area (Å²) in [5.41, 5.74) is -0.704. The number of carbonyl (C=O) groups is 4. The fourth-order valence-electron chi connectivity index (χ4n) is 2.41. The van der Waals surface area contributed by atoms with Crippen molar-refractivity contribution in [2.45, 2.75) is 238 Å². The van der Waals surface area contributed by atoms with Crippen molar-refractivity contribution in [2.75, 3.05) is 0 Å². The molecule has 0 fully saturated rings. The van der Waals surface area contributed by atoms with Gasteiger partial charge in [-0.2, -0.15) is 0 Å². The summed E-state index contributed by atoms with van der Waals surface area (Å²) in [6.07, 6.45) is 0. The van der Waals surface area contributed by atoms with Crippen LogP contribution < -0.4 is 69.7 Å². The van der Waals surface area contributed by atoms with Gasteiger partial charge in [-0.1, -0.05) is 158 Å². The largest absolute Gasteiger partial charge is 1.00 e. The van der Waals surface area contributed by atoms with Gasteiger partial charge >= 0.3 is 180 Å². The van der Waals surface area contributed by atoms with Crippen molar-refractivity contribution in [1.82, 2.24) is 0 Å². The smallest absolute Gasteiger partial charge is 0 e. The second-order valence-electron chi connectivity index (χ2n) is 20.0. The third kappa shape index (κ3) is 245. The summed E-state index contributed by atoms with van der Waals surface area (Å²) in [4.78, 5) is 44.8. The Morgan fingerprint density at radius 2 is 0.569 bits per heavy atom. The molecule has 0 bridgehead atoms. The van der Waals surface area contributed by atoms with Gasteiger partial charge in [0.05, 0.1) is 0 Å². The van der Waals surface area contributed by atoms with Crippen molar-refractivity contribution in [3.05, 3.63) is 13.2 Å². The van der Waals surface area contributed by atoms with Crippen LogP contribution in [-0.4, -0.2) is 199 Å². The van der Waals surface area contributed by atoms with Crippen LogP contribution in [0.2, 0.25) is 157 Å². The van der Waals surface area contributed by atoms with Crippen molar-refractivity contribution >= 4 is 249 Å². The van der Waals surface area contributed by atoms with E-state index < -0.39 is 45.6 Å². The third-order valence-electron chi connectivity index (χ3n) is 2.72. The second-order valence-corrected chi connectivity index (χ2v) is 70.7. The molecule has 0 aliphatic rings. The predicted molar refractivity (Wildman–Crippen MR) is 348 cm³/mol. The van der Waals surface area contributed by atoms with Gasteiger partial charge in [-0.25, -0.2) is 0 Å². The van der Waals surface area contributed by atoms with Gasteiger partial charge in [0.2, 0.25) is 0 Å². The van der Waals surface area contributed by atoms with Crippen LogP contribution in [-0.2, 0) is 23.6 Å². The normalized spacial score (nSPS) is 9.29. The molecule has 0 unspecified atom stereocenters. The first-order chi connectivity index (χ1) is 26.0. The standard InChI is InChI=1S/C8H12GeO4.C7H18OSi.C4H9O.7C3H9Si.C2H4.2Ge.I3.HI.2K/c1-5(10)9(6(2)11,7(3)12)8(4)13;1-7(2,3)8-9(4,5)6;1-4(2,3)5;7*1-4(2)3;1-2;;;1-3-2;;;/h1-4H3;1-6H3;1-3H3;7*1-3H3;1-2H2;;;;1H;;/q;;-1;;;;;;;;;;;-1;;;+1. The molecule has 16 radical (unpaired) electrons. The van der Waals surface area contributed by atoms with Crippen LogP contribution in [0.5, 0.6) is 0 Å². The zero-order valence-corrected chi connectivity index (χ0v) is 79.2. The summed E-state index contributed by atoms with van der Waals surface area (Å²) < 4.78 is 3.68. The minimum atomic E-state index is -4.22. The quantitative estimate of drug-likeness (QED) is 0.156. The van der Waals surface area contributed by atoms with E-state index in [0.717, 1.165) is 27.7 Å². The van der Waals surface area contributed by atoms with Crippen LogP contribution in [0.15, 0.2) is 13.2 Å². The monoisotopic (exact) mass is 1740 g/mol. The molecule has 0 aromatic carbocycles. The van der Waals surface area contributed by atoms with Crippen molar-refractivity contribution in [3.63, 3.8) is 0 Å². The first kappa shape index (κ1) is 121. The molecule has 0 aromatic heterocycles. The molecule has 6 nitrogen and oxygen atoms in total. The Morgan fingerprint density at radius 1 is 0.492 bits per heavy atom. The summed E-state index contributed by atoms with van der Waals surface area (Å²) in [6, 6.07) is 0. The molecule has 0 amide bonds. The Hall–Kier alpha value is 7.90. The molecular weight excluding hydrogens is 1630 g/mol. The van der Waals surface area contributed by atoms with E-state index >= 15 is 0 Å². The maximum absolute atomic E-state index is 11.2. The summed E-state index contributed by atoms with van der Waals surface area (Å²) in [5, 5.41) is 10.1. The van der Waals surface area contributed by atoms with Crippen LogP contribution in [0.1, 0.15) is 69.2 Å². The molecule has 0 rings (SSSR count). The van der Waals surface area contributed by atoms with Gasteiger partial charge < -0.3 is 9.53 Å². The van der Waals surface area contributed by atoms with Crippen LogP contribution in [0.3, 0.4) is 0 Å². The average Bonchev–Trinajstić information content (AvgIpc) is 2.84. The van der Waals surface area contributed by atoms with Crippen LogP contribution in [0, 0.1) is 0 Å². The van der Waals surface area contributed by atoms with Crippen molar-refractivity contribution < 1.29 is 93.4 Å². The maximum atomic E-state index is 11.2. The SMILES string of the molecule is C=C.CC(C)(C)O[Si](C)(C)C.CC(C)(C)[O-].C[C](=O)[Ge]([C](C)=O)([C](C)=O)[C](C)=O.C[Si](C)C.C[Si](C)C.C[Si](C)C.C[Si](C)C.C[Si](C)C.C[Si](C)C.C[Si](C)C.I.I[I-]I.[Ge].[Ge].[K+].[K]. The molecule has 0 aliphatic heterocycles. The van der Waals surface area contributed by atoms with Crippen molar-refractivity contribution in [2.24, 2.45) is 0 Å². The molecular formula is C42H107Ge3I4K2O6Si8-. The van der Waals surface area contributed by atoms with Gasteiger partial charge in [0.25, 0.3) is 0 Å². The Bertz CT molecular complexity index is 781. The fraction of sp³-hybridized carbons (Fsp3) is 0.857. The molecule has 0 atom stereocenters. The number of hydrogen-bond acceptors (Lipinski definition) is 6. The van der Waals surface area contributed by atoms with E-state index in [4.69, 9.17) is 4.43 Å². The fourth-order valence-corrected chi connectivity index (χ4v) is 10.5. The Morgan fingerprint density at radius 3 is 0.569 bits per heavy atom. The maximum Gasteiger partial charge on any atom is 1.00 e. The van der Waals surface area contributed by atoms with E-state index in [1.54, 1.807) is 20.8 Å². The minimum absolute atomic E-state index is 0. The summed E-state index contributed by atoms with van der Waals surface area (Å²) in [6.45, 7) is 76.1. The number of halogens is 4. The third-order valence-corrected chi connectivity index (χ3v) is 12.8. The van der Waals surface area contributed by atoms with Gasteiger partial charge in [0.15, 0.2) is 8.32 Å². The van der Waals surface area contributed by atoms with Gasteiger partial charge in [-0.05, 0) is 40.4 Å². The van der Waals surface area contributed by atoms with Gasteiger partial charge in [0.1, 0.15) is 0 Å². The first-order valence-electron chi connectivity index (χ1n) is 20.2. The Balaban J connectivity index is -0.0000000266. The van der Waals surface area contributed by atoms with Gasteiger partial charge in [0, 0.05) is 154 Å². The molecule has 0 N–H and O–H groups in total. The first-order valence-corrected chi connectivity index (χ1v) is 61.4. The molecule has 0 saturated heterocycles. The molecule has 0 spiro atoms. The van der Waals surface area contributed by atoms with Crippen LogP contribution >= 0.6 is 61.2 Å². The van der Waals surface area contributed by atoms with Crippen LogP contribution in [0.25, 0.3) is 0 Å². The molecule has 386 valence electrons. The van der Waals surface area contributed by atoms with E-state index in [2.05, 4.69) is 228 Å². The van der Waals surface area contributed by atoms with E-state index in [9.17, 15) is 24.3 Å². The topological polar surface area (TPSA) is 101 Å². The second kappa shape index (κ2) is 80.8. The Kier molecular flexibility index (Phi) is 150. The minimum Gasteiger partial charge on any atom is 0 e. The zero-order chi connectivity index (χ0) is 52.8. The molecule has 0 aliphatic carbocycles.